The molecule has 4 rings (SSSR count). The van der Waals surface area contributed by atoms with Crippen molar-refractivity contribution in [2.75, 3.05) is 18.0 Å². The number of benzene rings is 1. The van der Waals surface area contributed by atoms with Crippen LogP contribution in [0.25, 0.3) is 0 Å². The quantitative estimate of drug-likeness (QED) is 0.746. The minimum atomic E-state index is -3.18. The molecule has 5 nitrogen and oxygen atoms in total. The lowest BCUT2D eigenvalue weighted by atomic mass is 10.0. The molecule has 0 saturated carbocycles. The number of hydrogen-bond donors (Lipinski definition) is 0. The number of hydrogen-bond acceptors (Lipinski definition) is 4. The Kier molecular flexibility index (Phi) is 5.37. The zero-order valence-corrected chi connectivity index (χ0v) is 16.3. The number of aromatic nitrogens is 1. The van der Waals surface area contributed by atoms with E-state index in [1.165, 1.54) is 6.20 Å². The van der Waals surface area contributed by atoms with Crippen LogP contribution < -0.4 is 4.90 Å². The highest BCUT2D eigenvalue weighted by atomic mass is 19.3. The smallest absolute Gasteiger partial charge is 0.273 e. The highest BCUT2D eigenvalue weighted by Gasteiger charge is 2.42. The number of alkyl halides is 2. The molecule has 8 heteroatoms. The van der Waals surface area contributed by atoms with E-state index in [1.54, 1.807) is 11.0 Å². The molecule has 2 fully saturated rings. The van der Waals surface area contributed by atoms with Crippen LogP contribution in [0.15, 0.2) is 42.6 Å². The number of nitrogens with zero attached hydrogens (tertiary/aromatic N) is 4. The number of anilines is 1. The highest BCUT2D eigenvalue weighted by Crippen LogP contribution is 2.36. The van der Waals surface area contributed by atoms with Crippen molar-refractivity contribution in [2.24, 2.45) is 0 Å². The summed E-state index contributed by atoms with van der Waals surface area (Å²) in [5, 5.41) is 8.93. The monoisotopic (exact) mass is 414 g/mol. The Morgan fingerprint density at radius 2 is 1.80 bits per heavy atom. The Bertz CT molecular complexity index is 942. The van der Waals surface area contributed by atoms with Crippen LogP contribution in [0, 0.1) is 17.1 Å². The normalized spacial score (nSPS) is 20.9. The topological polar surface area (TPSA) is 60.2 Å². The van der Waals surface area contributed by atoms with Gasteiger partial charge in [-0.15, -0.1) is 0 Å². The van der Waals surface area contributed by atoms with Crippen LogP contribution in [0.5, 0.6) is 0 Å². The van der Waals surface area contributed by atoms with E-state index in [1.807, 2.05) is 12.1 Å². The number of carbonyl (C=O) groups is 1. The Morgan fingerprint density at radius 3 is 2.37 bits per heavy atom. The maximum Gasteiger partial charge on any atom is 0.273 e. The van der Waals surface area contributed by atoms with Crippen LogP contribution in [-0.4, -0.2) is 41.0 Å². The molecule has 2 aliphatic rings. The second-order valence-electron chi connectivity index (χ2n) is 7.82. The lowest BCUT2D eigenvalue weighted by molar-refractivity contribution is -0.134. The average molecular weight is 414 g/mol. The van der Waals surface area contributed by atoms with E-state index >= 15 is 0 Å². The van der Waals surface area contributed by atoms with Crippen molar-refractivity contribution in [3.8, 4) is 6.07 Å². The van der Waals surface area contributed by atoms with Crippen LogP contribution in [0.2, 0.25) is 0 Å². The third-order valence-corrected chi connectivity index (χ3v) is 5.90. The molecular formula is C22H21F3N4O. The molecule has 0 aliphatic carbocycles. The van der Waals surface area contributed by atoms with Crippen molar-refractivity contribution in [3.63, 3.8) is 0 Å². The zero-order chi connectivity index (χ0) is 21.3. The van der Waals surface area contributed by atoms with Crippen molar-refractivity contribution in [1.82, 2.24) is 9.88 Å². The zero-order valence-electron chi connectivity index (χ0n) is 16.3. The van der Waals surface area contributed by atoms with Crippen molar-refractivity contribution in [1.29, 1.82) is 5.26 Å². The summed E-state index contributed by atoms with van der Waals surface area (Å²) >= 11 is 0. The van der Waals surface area contributed by atoms with Gasteiger partial charge in [0.1, 0.15) is 17.7 Å². The van der Waals surface area contributed by atoms with Crippen molar-refractivity contribution < 1.29 is 18.0 Å². The first-order valence-electron chi connectivity index (χ1n) is 9.93. The van der Waals surface area contributed by atoms with Gasteiger partial charge < -0.3 is 9.80 Å². The molecule has 2 atom stereocenters. The molecule has 156 valence electrons. The number of amides is 1. The summed E-state index contributed by atoms with van der Waals surface area (Å²) in [6.45, 7) is 0.943. The van der Waals surface area contributed by atoms with Gasteiger partial charge in [0.25, 0.3) is 5.92 Å². The fraction of sp³-hybridized carbons (Fsp3) is 0.409. The summed E-state index contributed by atoms with van der Waals surface area (Å²) in [4.78, 5) is 20.9. The summed E-state index contributed by atoms with van der Waals surface area (Å²) < 4.78 is 41.8. The minimum Gasteiger partial charge on any atom is -0.347 e. The fourth-order valence-corrected chi connectivity index (χ4v) is 4.35. The van der Waals surface area contributed by atoms with E-state index in [4.69, 9.17) is 5.26 Å². The van der Waals surface area contributed by atoms with Gasteiger partial charge in [0.15, 0.2) is 0 Å². The molecule has 1 amide bonds. The Hall–Kier alpha value is -3.08. The number of nitriles is 1. The first kappa shape index (κ1) is 20.2. The average Bonchev–Trinajstić information content (AvgIpc) is 3.01. The lowest BCUT2D eigenvalue weighted by Crippen LogP contribution is -2.55. The fourth-order valence-electron chi connectivity index (χ4n) is 4.35. The van der Waals surface area contributed by atoms with Gasteiger partial charge in [0, 0.05) is 49.8 Å². The van der Waals surface area contributed by atoms with E-state index < -0.39 is 18.2 Å². The predicted octanol–water partition coefficient (Wildman–Crippen LogP) is 3.84. The van der Waals surface area contributed by atoms with E-state index in [0.29, 0.717) is 18.7 Å². The lowest BCUT2D eigenvalue weighted by Gasteiger charge is -2.42. The summed E-state index contributed by atoms with van der Waals surface area (Å²) in [6.07, 6.45) is 2.47. The Labute approximate surface area is 172 Å². The molecule has 2 aliphatic heterocycles. The van der Waals surface area contributed by atoms with Gasteiger partial charge in [-0.2, -0.15) is 5.26 Å². The SMILES string of the molecule is N#Cc1ccc(N2C3CC[C@H]2CN(C(=O)CCC(F)(F)c2ccc(F)cc2)C3)nc1. The van der Waals surface area contributed by atoms with Crippen molar-refractivity contribution in [3.05, 3.63) is 59.5 Å². The number of carbonyl (C=O) groups excluding carboxylic acids is 1. The van der Waals surface area contributed by atoms with Crippen LogP contribution in [0.3, 0.4) is 0 Å². The highest BCUT2D eigenvalue weighted by molar-refractivity contribution is 5.77. The van der Waals surface area contributed by atoms with Gasteiger partial charge in [-0.25, -0.2) is 18.2 Å². The van der Waals surface area contributed by atoms with Crippen LogP contribution in [-0.2, 0) is 10.7 Å². The number of likely N-dealkylation sites (tertiary alicyclic amines) is 1. The van der Waals surface area contributed by atoms with Crippen LogP contribution in [0.1, 0.15) is 36.8 Å². The third-order valence-electron chi connectivity index (χ3n) is 5.90. The van der Waals surface area contributed by atoms with Gasteiger partial charge in [0.2, 0.25) is 5.91 Å². The maximum absolute atomic E-state index is 14.4. The molecule has 2 bridgehead atoms. The molecular weight excluding hydrogens is 393 g/mol. The Morgan fingerprint density at radius 1 is 1.13 bits per heavy atom. The molecule has 0 N–H and O–H groups in total. The molecule has 1 unspecified atom stereocenters. The second kappa shape index (κ2) is 7.98. The molecule has 0 spiro atoms. The largest absolute Gasteiger partial charge is 0.347 e. The van der Waals surface area contributed by atoms with E-state index in [0.717, 1.165) is 42.9 Å². The van der Waals surface area contributed by atoms with Crippen molar-refractivity contribution >= 4 is 11.7 Å². The molecule has 30 heavy (non-hydrogen) atoms. The number of rotatable bonds is 5. The van der Waals surface area contributed by atoms with Crippen LogP contribution in [0.4, 0.5) is 19.0 Å². The summed E-state index contributed by atoms with van der Waals surface area (Å²) in [5.41, 5.74) is 0.204. The molecule has 1 aromatic carbocycles. The number of fused-ring (bicyclic) bond motifs is 2. The van der Waals surface area contributed by atoms with Gasteiger partial charge in [0.05, 0.1) is 5.56 Å². The maximum atomic E-state index is 14.4. The summed E-state index contributed by atoms with van der Waals surface area (Å²) in [7, 11) is 0. The number of piperazine rings is 1. The van der Waals surface area contributed by atoms with Crippen LogP contribution >= 0.6 is 0 Å². The van der Waals surface area contributed by atoms with Gasteiger partial charge >= 0.3 is 0 Å². The molecule has 2 saturated heterocycles. The Balaban J connectivity index is 1.37. The van der Waals surface area contributed by atoms with E-state index in [-0.39, 0.29) is 30.0 Å². The molecule has 2 aromatic rings. The molecule has 3 heterocycles. The van der Waals surface area contributed by atoms with Gasteiger partial charge in [-0.05, 0) is 37.1 Å². The van der Waals surface area contributed by atoms with E-state index in [2.05, 4.69) is 9.88 Å². The molecule has 1 aromatic heterocycles. The summed E-state index contributed by atoms with van der Waals surface area (Å²) in [6, 6.07) is 9.87. The van der Waals surface area contributed by atoms with Gasteiger partial charge in [-0.1, -0.05) is 12.1 Å². The predicted molar refractivity (Wildman–Crippen MR) is 104 cm³/mol. The second-order valence-corrected chi connectivity index (χ2v) is 7.82. The first-order valence-corrected chi connectivity index (χ1v) is 9.93. The number of pyridine rings is 1. The number of halogens is 3. The van der Waals surface area contributed by atoms with Crippen molar-refractivity contribution in [2.45, 2.75) is 43.7 Å². The standard InChI is InChI=1S/C22H21F3N4O/c23-17-4-2-16(3-5-17)22(24,25)10-9-21(30)28-13-18-6-7-19(14-28)29(18)20-8-1-15(11-26)12-27-20/h1-5,8,12,18-19H,6-7,9-10,13-14H2/t18-,19?/m0/s1. The summed E-state index contributed by atoms with van der Waals surface area (Å²) in [5.74, 6) is -3.27. The molecule has 0 radical (unpaired) electrons. The van der Waals surface area contributed by atoms with E-state index in [9.17, 15) is 18.0 Å². The first-order chi connectivity index (χ1) is 14.4. The van der Waals surface area contributed by atoms with Gasteiger partial charge in [-0.3, -0.25) is 4.79 Å². The third kappa shape index (κ3) is 3.97. The minimum absolute atomic E-state index is 0.0887.